The number of methoxy groups -OCH3 is 1. The van der Waals surface area contributed by atoms with E-state index in [1.165, 1.54) is 17.8 Å². The molecule has 5 nitrogen and oxygen atoms in total. The number of thioether (sulfide) groups is 1. The Balaban J connectivity index is 0.00000576. The molecule has 1 aromatic rings. The largest absolute Gasteiger partial charge is 0.385 e. The van der Waals surface area contributed by atoms with Crippen molar-refractivity contribution in [2.75, 3.05) is 59.7 Å². The van der Waals surface area contributed by atoms with Gasteiger partial charge in [-0.1, -0.05) is 12.1 Å². The maximum atomic E-state index is 13.5. The molecule has 2 N–H and O–H groups in total. The molecule has 0 bridgehead atoms. The monoisotopic (exact) mass is 484 g/mol. The minimum Gasteiger partial charge on any atom is -0.385 e. The molecule has 144 valence electrons. The molecule has 0 aliphatic rings. The summed E-state index contributed by atoms with van der Waals surface area (Å²) in [5.74, 6) is 1.38. The van der Waals surface area contributed by atoms with Crippen LogP contribution in [-0.2, 0) is 4.74 Å². The van der Waals surface area contributed by atoms with E-state index in [-0.39, 0.29) is 29.8 Å². The fraction of sp³-hybridized carbons (Fsp3) is 0.588. The molecule has 0 aromatic heterocycles. The Morgan fingerprint density at radius 2 is 1.96 bits per heavy atom. The third-order valence-electron chi connectivity index (χ3n) is 3.39. The molecule has 1 aromatic carbocycles. The topological polar surface area (TPSA) is 48.9 Å². The van der Waals surface area contributed by atoms with E-state index < -0.39 is 0 Å². The Morgan fingerprint density at radius 1 is 1.24 bits per heavy atom. The van der Waals surface area contributed by atoms with Crippen LogP contribution >= 0.6 is 35.7 Å². The Hall–Kier alpha value is -0.580. The van der Waals surface area contributed by atoms with Crippen molar-refractivity contribution in [1.82, 2.24) is 15.5 Å². The molecule has 8 heteroatoms. The molecule has 0 saturated carbocycles. The first-order chi connectivity index (χ1) is 11.7. The molecular weight excluding hydrogens is 454 g/mol. The highest BCUT2D eigenvalue weighted by atomic mass is 127. The highest BCUT2D eigenvalue weighted by Gasteiger charge is 2.02. The molecule has 0 fully saturated rings. The molecule has 0 amide bonds. The van der Waals surface area contributed by atoms with E-state index in [4.69, 9.17) is 4.74 Å². The quantitative estimate of drug-likeness (QED) is 0.166. The van der Waals surface area contributed by atoms with Gasteiger partial charge >= 0.3 is 0 Å². The molecule has 0 atom stereocenters. The first-order valence-electron chi connectivity index (χ1n) is 8.16. The number of hydrogen-bond acceptors (Lipinski definition) is 4. The molecular formula is C17H30FIN4OS. The van der Waals surface area contributed by atoms with E-state index in [9.17, 15) is 4.39 Å². The van der Waals surface area contributed by atoms with Crippen LogP contribution in [0.2, 0.25) is 0 Å². The maximum Gasteiger partial charge on any atom is 0.191 e. The van der Waals surface area contributed by atoms with E-state index in [1.807, 2.05) is 6.07 Å². The zero-order chi connectivity index (χ0) is 17.6. The number of aliphatic imine (C=N–C) groups is 1. The van der Waals surface area contributed by atoms with Crippen molar-refractivity contribution in [3.05, 3.63) is 30.1 Å². The van der Waals surface area contributed by atoms with Crippen LogP contribution in [0.4, 0.5) is 4.39 Å². The summed E-state index contributed by atoms with van der Waals surface area (Å²) in [7, 11) is 5.57. The molecule has 0 radical (unpaired) electrons. The number of guanidine groups is 1. The highest BCUT2D eigenvalue weighted by molar-refractivity contribution is 14.0. The van der Waals surface area contributed by atoms with Gasteiger partial charge in [-0.3, -0.25) is 4.99 Å². The van der Waals surface area contributed by atoms with E-state index in [0.717, 1.165) is 50.9 Å². The summed E-state index contributed by atoms with van der Waals surface area (Å²) in [5, 5.41) is 6.53. The van der Waals surface area contributed by atoms with Gasteiger partial charge in [-0.15, -0.1) is 35.7 Å². The zero-order valence-electron chi connectivity index (χ0n) is 15.3. The van der Waals surface area contributed by atoms with Crippen LogP contribution in [0, 0.1) is 5.82 Å². The highest BCUT2D eigenvalue weighted by Crippen LogP contribution is 2.20. The average Bonchev–Trinajstić information content (AvgIpc) is 2.58. The summed E-state index contributed by atoms with van der Waals surface area (Å²) in [6, 6.07) is 6.84. The van der Waals surface area contributed by atoms with Gasteiger partial charge in [0.05, 0.1) is 0 Å². The Kier molecular flexibility index (Phi) is 15.3. The number of benzene rings is 1. The maximum absolute atomic E-state index is 13.5. The lowest BCUT2D eigenvalue weighted by Crippen LogP contribution is -2.41. The third kappa shape index (κ3) is 11.6. The lowest BCUT2D eigenvalue weighted by atomic mass is 10.3. The first kappa shape index (κ1) is 24.4. The van der Waals surface area contributed by atoms with Crippen LogP contribution in [-0.4, -0.2) is 70.6 Å². The van der Waals surface area contributed by atoms with Gasteiger partial charge in [0.25, 0.3) is 0 Å². The summed E-state index contributed by atoms with van der Waals surface area (Å²) >= 11 is 1.50. The van der Waals surface area contributed by atoms with Gasteiger partial charge in [0.15, 0.2) is 5.96 Å². The van der Waals surface area contributed by atoms with E-state index in [2.05, 4.69) is 27.6 Å². The van der Waals surface area contributed by atoms with Gasteiger partial charge in [0.1, 0.15) is 5.82 Å². The van der Waals surface area contributed by atoms with E-state index >= 15 is 0 Å². The third-order valence-corrected chi connectivity index (χ3v) is 4.44. The minimum atomic E-state index is -0.165. The Labute approximate surface area is 172 Å². The number of nitrogens with one attached hydrogen (secondary N) is 2. The molecule has 25 heavy (non-hydrogen) atoms. The first-order valence-corrected chi connectivity index (χ1v) is 9.15. The van der Waals surface area contributed by atoms with Crippen molar-refractivity contribution in [2.24, 2.45) is 4.99 Å². The standard InChI is InChI=1S/C17H29FN4OS.HI/c1-19-17(20-9-12-22(2)11-6-13-23-3)21-10-14-24-16-8-5-4-7-15(16)18;/h4-5,7-8H,6,9-14H2,1-3H3,(H2,19,20,21);1H. The molecule has 0 heterocycles. The van der Waals surface area contributed by atoms with Gasteiger partial charge in [-0.2, -0.15) is 0 Å². The normalized spacial score (nSPS) is 11.3. The fourth-order valence-electron chi connectivity index (χ4n) is 2.07. The van der Waals surface area contributed by atoms with Crippen molar-refractivity contribution < 1.29 is 9.13 Å². The van der Waals surface area contributed by atoms with Crippen LogP contribution in [0.25, 0.3) is 0 Å². The van der Waals surface area contributed by atoms with E-state index in [0.29, 0.717) is 4.90 Å². The average molecular weight is 484 g/mol. The molecule has 1 rings (SSSR count). The summed E-state index contributed by atoms with van der Waals surface area (Å²) in [5.41, 5.74) is 0. The summed E-state index contributed by atoms with van der Waals surface area (Å²) < 4.78 is 18.6. The van der Waals surface area contributed by atoms with Crippen LogP contribution in [0.3, 0.4) is 0 Å². The summed E-state index contributed by atoms with van der Waals surface area (Å²) in [4.78, 5) is 7.13. The molecule has 0 saturated heterocycles. The van der Waals surface area contributed by atoms with Crippen LogP contribution in [0.5, 0.6) is 0 Å². The van der Waals surface area contributed by atoms with Crippen LogP contribution in [0.1, 0.15) is 6.42 Å². The van der Waals surface area contributed by atoms with Crippen LogP contribution in [0.15, 0.2) is 34.2 Å². The van der Waals surface area contributed by atoms with Gasteiger partial charge < -0.3 is 20.3 Å². The van der Waals surface area contributed by atoms with E-state index in [1.54, 1.807) is 26.3 Å². The second kappa shape index (κ2) is 15.7. The van der Waals surface area contributed by atoms with Gasteiger partial charge in [-0.25, -0.2) is 4.39 Å². The molecule has 0 spiro atoms. The van der Waals surface area contributed by atoms with Crippen molar-refractivity contribution in [3.63, 3.8) is 0 Å². The van der Waals surface area contributed by atoms with Crippen molar-refractivity contribution >= 4 is 41.7 Å². The second-order valence-electron chi connectivity index (χ2n) is 5.35. The minimum absolute atomic E-state index is 0. The van der Waals surface area contributed by atoms with Gasteiger partial charge in [-0.05, 0) is 25.6 Å². The number of ether oxygens (including phenoxy) is 1. The van der Waals surface area contributed by atoms with Crippen LogP contribution < -0.4 is 10.6 Å². The summed E-state index contributed by atoms with van der Waals surface area (Å²) in [6.45, 7) is 4.29. The number of nitrogens with zero attached hydrogens (tertiary/aromatic N) is 2. The van der Waals surface area contributed by atoms with Crippen molar-refractivity contribution in [2.45, 2.75) is 11.3 Å². The second-order valence-corrected chi connectivity index (χ2v) is 6.49. The number of halogens is 2. The van der Waals surface area contributed by atoms with Gasteiger partial charge in [0.2, 0.25) is 0 Å². The Morgan fingerprint density at radius 3 is 2.64 bits per heavy atom. The predicted molar refractivity (Wildman–Crippen MR) is 116 cm³/mol. The lowest BCUT2D eigenvalue weighted by molar-refractivity contribution is 0.180. The van der Waals surface area contributed by atoms with Crippen molar-refractivity contribution in [1.29, 1.82) is 0 Å². The molecule has 0 aliphatic heterocycles. The lowest BCUT2D eigenvalue weighted by Gasteiger charge is -2.18. The Bertz CT molecular complexity index is 493. The number of rotatable bonds is 11. The number of likely N-dealkylation sites (N-methyl/N-ethyl adjacent to an activating group) is 1. The summed E-state index contributed by atoms with van der Waals surface area (Å²) in [6.07, 6.45) is 1.03. The predicted octanol–water partition coefficient (Wildman–Crippen LogP) is 2.67. The van der Waals surface area contributed by atoms with Crippen molar-refractivity contribution in [3.8, 4) is 0 Å². The fourth-order valence-corrected chi connectivity index (χ4v) is 2.87. The smallest absolute Gasteiger partial charge is 0.191 e. The molecule has 0 aliphatic carbocycles. The number of hydrogen-bond donors (Lipinski definition) is 2. The molecule has 0 unspecified atom stereocenters. The zero-order valence-corrected chi connectivity index (χ0v) is 18.4. The van der Waals surface area contributed by atoms with Gasteiger partial charge in [0, 0.05) is 57.6 Å². The SMILES string of the molecule is CN=C(NCCSc1ccccc1F)NCCN(C)CCCOC.I.